The predicted molar refractivity (Wildman–Crippen MR) is 51.2 cm³/mol. The highest BCUT2D eigenvalue weighted by Crippen LogP contribution is 2.30. The first-order valence-electron chi connectivity index (χ1n) is 3.26. The van der Waals surface area contributed by atoms with Crippen LogP contribution in [0.2, 0.25) is 0 Å². The number of nitrogens with two attached hydrogens (primary N) is 1. The van der Waals surface area contributed by atoms with Crippen molar-refractivity contribution in [1.82, 2.24) is 0 Å². The lowest BCUT2D eigenvalue weighted by Crippen LogP contribution is -1.95. The number of anilines is 1. The summed E-state index contributed by atoms with van der Waals surface area (Å²) >= 11 is 0. The third-order valence-electron chi connectivity index (χ3n) is 1.47. The highest BCUT2D eigenvalue weighted by atomic mass is 35.5. The van der Waals surface area contributed by atoms with Gasteiger partial charge in [-0.15, -0.1) is 12.4 Å². The first kappa shape index (κ1) is 10.9. The molecule has 0 aliphatic heterocycles. The van der Waals surface area contributed by atoms with Gasteiger partial charge in [0.1, 0.15) is 17.2 Å². The van der Waals surface area contributed by atoms with Crippen molar-refractivity contribution in [1.29, 1.82) is 0 Å². The Morgan fingerprint density at radius 2 is 1.50 bits per heavy atom. The van der Waals surface area contributed by atoms with Crippen LogP contribution in [-0.4, -0.2) is 14.2 Å². The molecule has 3 nitrogen and oxygen atoms in total. The molecule has 0 fully saturated rings. The molecule has 1 rings (SSSR count). The molecule has 2 N–H and O–H groups in total. The molecule has 0 amide bonds. The number of rotatable bonds is 2. The van der Waals surface area contributed by atoms with E-state index in [4.69, 9.17) is 15.2 Å². The molecular formula is C8H12ClNO2. The van der Waals surface area contributed by atoms with Crippen LogP contribution in [0.1, 0.15) is 0 Å². The van der Waals surface area contributed by atoms with Gasteiger partial charge in [-0.1, -0.05) is 6.07 Å². The Kier molecular flexibility index (Phi) is 4.29. The fourth-order valence-corrected chi connectivity index (χ4v) is 0.880. The van der Waals surface area contributed by atoms with Crippen molar-refractivity contribution in [2.75, 3.05) is 20.0 Å². The van der Waals surface area contributed by atoms with Gasteiger partial charge in [0.05, 0.1) is 14.2 Å². The number of hydrogen-bond acceptors (Lipinski definition) is 3. The van der Waals surface area contributed by atoms with E-state index in [0.29, 0.717) is 17.2 Å². The summed E-state index contributed by atoms with van der Waals surface area (Å²) in [6, 6.07) is 5.41. The van der Waals surface area contributed by atoms with Gasteiger partial charge in [0.25, 0.3) is 0 Å². The van der Waals surface area contributed by atoms with Crippen LogP contribution in [0.15, 0.2) is 18.2 Å². The first-order chi connectivity index (χ1) is 5.29. The van der Waals surface area contributed by atoms with Crippen molar-refractivity contribution < 1.29 is 9.47 Å². The molecule has 1 aromatic rings. The Labute approximate surface area is 77.9 Å². The average molecular weight is 190 g/mol. The van der Waals surface area contributed by atoms with Crippen LogP contribution in [0.5, 0.6) is 11.5 Å². The van der Waals surface area contributed by atoms with Crippen LogP contribution in [0.4, 0.5) is 5.69 Å². The fourth-order valence-electron chi connectivity index (χ4n) is 0.880. The van der Waals surface area contributed by atoms with Crippen molar-refractivity contribution in [2.45, 2.75) is 0 Å². The molecule has 0 heterocycles. The maximum atomic E-state index is 5.65. The normalized spacial score (nSPS) is 8.50. The zero-order chi connectivity index (χ0) is 8.27. The Balaban J connectivity index is 0.00000121. The summed E-state index contributed by atoms with van der Waals surface area (Å²) < 4.78 is 9.96. The van der Waals surface area contributed by atoms with E-state index in [1.165, 1.54) is 0 Å². The summed E-state index contributed by atoms with van der Waals surface area (Å²) in [5, 5.41) is 0. The van der Waals surface area contributed by atoms with Crippen molar-refractivity contribution >= 4 is 18.1 Å². The number of hydrogen-bond donors (Lipinski definition) is 1. The van der Waals surface area contributed by atoms with Crippen molar-refractivity contribution in [3.05, 3.63) is 18.2 Å². The van der Waals surface area contributed by atoms with E-state index in [1.54, 1.807) is 26.4 Å². The van der Waals surface area contributed by atoms with E-state index in [2.05, 4.69) is 0 Å². The van der Waals surface area contributed by atoms with Crippen LogP contribution < -0.4 is 15.2 Å². The van der Waals surface area contributed by atoms with Gasteiger partial charge in [-0.25, -0.2) is 0 Å². The van der Waals surface area contributed by atoms with Gasteiger partial charge in [0.15, 0.2) is 0 Å². The maximum Gasteiger partial charge on any atom is 0.145 e. The molecule has 0 aliphatic rings. The highest BCUT2D eigenvalue weighted by Gasteiger charge is 2.03. The largest absolute Gasteiger partial charge is 0.494 e. The van der Waals surface area contributed by atoms with E-state index in [9.17, 15) is 0 Å². The first-order valence-corrected chi connectivity index (χ1v) is 3.26. The monoisotopic (exact) mass is 189 g/mol. The minimum Gasteiger partial charge on any atom is -0.494 e. The number of ether oxygens (including phenoxy) is 2. The SMILES string of the molecule is COc1cccc(OC)c1N.Cl. The molecule has 0 atom stereocenters. The van der Waals surface area contributed by atoms with Crippen molar-refractivity contribution in [3.63, 3.8) is 0 Å². The van der Waals surface area contributed by atoms with E-state index in [-0.39, 0.29) is 12.4 Å². The Morgan fingerprint density at radius 1 is 1.08 bits per heavy atom. The Hall–Kier alpha value is -1.09. The Morgan fingerprint density at radius 3 is 1.83 bits per heavy atom. The van der Waals surface area contributed by atoms with Gasteiger partial charge in [0, 0.05) is 0 Å². The minimum absolute atomic E-state index is 0. The van der Waals surface area contributed by atoms with Gasteiger partial charge >= 0.3 is 0 Å². The van der Waals surface area contributed by atoms with E-state index >= 15 is 0 Å². The minimum atomic E-state index is 0. The summed E-state index contributed by atoms with van der Waals surface area (Å²) in [6.45, 7) is 0. The van der Waals surface area contributed by atoms with Gasteiger partial charge in [0.2, 0.25) is 0 Å². The molecule has 0 aromatic heterocycles. The lowest BCUT2D eigenvalue weighted by Gasteiger charge is -2.07. The zero-order valence-corrected chi connectivity index (χ0v) is 7.85. The van der Waals surface area contributed by atoms with Gasteiger partial charge in [-0.05, 0) is 12.1 Å². The second-order valence-electron chi connectivity index (χ2n) is 2.08. The van der Waals surface area contributed by atoms with Crippen LogP contribution in [0.3, 0.4) is 0 Å². The quantitative estimate of drug-likeness (QED) is 0.721. The molecule has 0 bridgehead atoms. The van der Waals surface area contributed by atoms with Gasteiger partial charge < -0.3 is 15.2 Å². The maximum absolute atomic E-state index is 5.65. The molecule has 0 radical (unpaired) electrons. The lowest BCUT2D eigenvalue weighted by atomic mass is 10.3. The van der Waals surface area contributed by atoms with Crippen LogP contribution in [0, 0.1) is 0 Å². The fraction of sp³-hybridized carbons (Fsp3) is 0.250. The average Bonchev–Trinajstić information content (AvgIpc) is 2.05. The molecule has 0 saturated heterocycles. The van der Waals surface area contributed by atoms with Crippen LogP contribution in [-0.2, 0) is 0 Å². The van der Waals surface area contributed by atoms with E-state index in [0.717, 1.165) is 0 Å². The molecule has 12 heavy (non-hydrogen) atoms. The number of methoxy groups -OCH3 is 2. The number of para-hydroxylation sites is 1. The number of benzene rings is 1. The Bertz CT molecular complexity index is 231. The molecule has 0 unspecified atom stereocenters. The third kappa shape index (κ3) is 1.95. The topological polar surface area (TPSA) is 44.5 Å². The summed E-state index contributed by atoms with van der Waals surface area (Å²) in [5.41, 5.74) is 6.19. The summed E-state index contributed by atoms with van der Waals surface area (Å²) in [6.07, 6.45) is 0. The molecule has 0 saturated carbocycles. The predicted octanol–water partition coefficient (Wildman–Crippen LogP) is 1.71. The summed E-state index contributed by atoms with van der Waals surface area (Å²) in [4.78, 5) is 0. The summed E-state index contributed by atoms with van der Waals surface area (Å²) in [7, 11) is 3.15. The van der Waals surface area contributed by atoms with Crippen LogP contribution in [0.25, 0.3) is 0 Å². The molecule has 68 valence electrons. The lowest BCUT2D eigenvalue weighted by molar-refractivity contribution is 0.398. The standard InChI is InChI=1S/C8H11NO2.ClH/c1-10-6-4-3-5-7(11-2)8(6)9;/h3-5H,9H2,1-2H3;1H. The molecule has 0 aliphatic carbocycles. The van der Waals surface area contributed by atoms with Crippen molar-refractivity contribution in [3.8, 4) is 11.5 Å². The molecule has 1 aromatic carbocycles. The van der Waals surface area contributed by atoms with Crippen LogP contribution >= 0.6 is 12.4 Å². The van der Waals surface area contributed by atoms with E-state index in [1.807, 2.05) is 6.07 Å². The van der Waals surface area contributed by atoms with Crippen molar-refractivity contribution in [2.24, 2.45) is 0 Å². The second kappa shape index (κ2) is 4.72. The van der Waals surface area contributed by atoms with Gasteiger partial charge in [-0.3, -0.25) is 0 Å². The smallest absolute Gasteiger partial charge is 0.145 e. The second-order valence-corrected chi connectivity index (χ2v) is 2.08. The molecule has 4 heteroatoms. The van der Waals surface area contributed by atoms with E-state index < -0.39 is 0 Å². The number of halogens is 1. The third-order valence-corrected chi connectivity index (χ3v) is 1.47. The summed E-state index contributed by atoms with van der Waals surface area (Å²) in [5.74, 6) is 1.29. The highest BCUT2D eigenvalue weighted by molar-refractivity contribution is 5.85. The number of nitrogen functional groups attached to an aromatic ring is 1. The molecular weight excluding hydrogens is 178 g/mol. The molecule has 0 spiro atoms. The van der Waals surface area contributed by atoms with Gasteiger partial charge in [-0.2, -0.15) is 0 Å². The zero-order valence-electron chi connectivity index (χ0n) is 7.03.